The van der Waals surface area contributed by atoms with Crippen LogP contribution in [0.3, 0.4) is 0 Å². The molecule has 0 saturated heterocycles. The van der Waals surface area contributed by atoms with Gasteiger partial charge in [0.25, 0.3) is 0 Å². The van der Waals surface area contributed by atoms with Crippen LogP contribution in [0.2, 0.25) is 0 Å². The highest BCUT2D eigenvalue weighted by Gasteiger charge is 2.44. The molecule has 2 atom stereocenters. The number of aromatic nitrogens is 1. The number of aryl methyl sites for hydroxylation is 1. The maximum absolute atomic E-state index is 13.1. The number of carbonyl (C=O) groups excluding carboxylic acids is 2. The molecule has 4 rings (SSSR count). The van der Waals surface area contributed by atoms with Crippen LogP contribution in [-0.4, -0.2) is 34.9 Å². The van der Waals surface area contributed by atoms with Crippen LogP contribution in [0.4, 0.5) is 0 Å². The van der Waals surface area contributed by atoms with E-state index < -0.39 is 18.1 Å². The second-order valence-corrected chi connectivity index (χ2v) is 7.11. The van der Waals surface area contributed by atoms with E-state index in [0.29, 0.717) is 12.2 Å². The average molecular weight is 392 g/mol. The standard InChI is InChI=1S/C23H24N2O4/c1-4-8-20(26)25-18(23(27)28-3)13-16-15-9-6-7-10-17(15)24-21(16)22(25)19-12-11-14(5-2)29-19/h4,6-12,18,22,24H,5,13H2,1-3H3/b8-4+/t18-,22-/m0/s1. The number of H-pyrrole nitrogens is 1. The molecule has 1 amide bonds. The predicted molar refractivity (Wildman–Crippen MR) is 109 cm³/mol. The van der Waals surface area contributed by atoms with Crippen molar-refractivity contribution in [2.45, 2.75) is 38.8 Å². The number of benzene rings is 1. The smallest absolute Gasteiger partial charge is 0.328 e. The number of nitrogens with one attached hydrogen (secondary N) is 1. The number of hydrogen-bond donors (Lipinski definition) is 1. The molecule has 0 fully saturated rings. The lowest BCUT2D eigenvalue weighted by Gasteiger charge is -2.39. The van der Waals surface area contributed by atoms with Crippen molar-refractivity contribution in [2.75, 3.05) is 7.11 Å². The third-order valence-corrected chi connectivity index (χ3v) is 5.47. The van der Waals surface area contributed by atoms with Gasteiger partial charge in [-0.3, -0.25) is 4.79 Å². The third-order valence-electron chi connectivity index (χ3n) is 5.47. The molecular formula is C23H24N2O4. The zero-order valence-electron chi connectivity index (χ0n) is 16.8. The number of ether oxygens (including phenoxy) is 1. The fraction of sp³-hybridized carbons (Fsp3) is 0.304. The van der Waals surface area contributed by atoms with E-state index in [0.717, 1.165) is 34.3 Å². The summed E-state index contributed by atoms with van der Waals surface area (Å²) in [7, 11) is 1.35. The number of aromatic amines is 1. The van der Waals surface area contributed by atoms with Crippen LogP contribution in [0.25, 0.3) is 10.9 Å². The average Bonchev–Trinajstić information content (AvgIpc) is 3.36. The largest absolute Gasteiger partial charge is 0.467 e. The summed E-state index contributed by atoms with van der Waals surface area (Å²) in [6, 6.07) is 10.5. The van der Waals surface area contributed by atoms with Crippen LogP contribution in [0, 0.1) is 0 Å². The SMILES string of the molecule is C/C=C/C(=O)N1[C@@H](c2ccc(CC)o2)c2[nH]c3ccccc3c2C[C@H]1C(=O)OC. The van der Waals surface area contributed by atoms with E-state index in [2.05, 4.69) is 4.98 Å². The van der Waals surface area contributed by atoms with Gasteiger partial charge in [-0.15, -0.1) is 0 Å². The number of rotatable bonds is 4. The number of furan rings is 1. The highest BCUT2D eigenvalue weighted by molar-refractivity contribution is 5.94. The minimum Gasteiger partial charge on any atom is -0.467 e. The second-order valence-electron chi connectivity index (χ2n) is 7.11. The highest BCUT2D eigenvalue weighted by atomic mass is 16.5. The van der Waals surface area contributed by atoms with E-state index in [4.69, 9.17) is 9.15 Å². The number of methoxy groups -OCH3 is 1. The molecule has 0 radical (unpaired) electrons. The number of nitrogens with zero attached hydrogens (tertiary/aromatic N) is 1. The number of allylic oxidation sites excluding steroid dienone is 1. The Kier molecular flexibility index (Phi) is 5.01. The summed E-state index contributed by atoms with van der Waals surface area (Å²) in [6.07, 6.45) is 4.27. The molecule has 0 unspecified atom stereocenters. The van der Waals surface area contributed by atoms with Crippen molar-refractivity contribution in [3.8, 4) is 0 Å². The summed E-state index contributed by atoms with van der Waals surface area (Å²) in [5.41, 5.74) is 2.86. The molecule has 1 aromatic carbocycles. The third kappa shape index (κ3) is 3.14. The van der Waals surface area contributed by atoms with Crippen molar-refractivity contribution in [3.05, 3.63) is 71.3 Å². The lowest BCUT2D eigenvalue weighted by molar-refractivity contribution is -0.153. The van der Waals surface area contributed by atoms with Crippen molar-refractivity contribution in [2.24, 2.45) is 0 Å². The van der Waals surface area contributed by atoms with E-state index in [1.165, 1.54) is 13.2 Å². The van der Waals surface area contributed by atoms with Crippen LogP contribution < -0.4 is 0 Å². The normalized spacial score (nSPS) is 18.9. The quantitative estimate of drug-likeness (QED) is 0.539. The molecule has 3 aromatic rings. The first-order chi connectivity index (χ1) is 14.1. The van der Waals surface area contributed by atoms with E-state index >= 15 is 0 Å². The Balaban J connectivity index is 1.97. The fourth-order valence-electron chi connectivity index (χ4n) is 4.14. The Morgan fingerprint density at radius 3 is 2.76 bits per heavy atom. The van der Waals surface area contributed by atoms with Gasteiger partial charge in [-0.05, 0) is 36.8 Å². The molecule has 0 saturated carbocycles. The summed E-state index contributed by atoms with van der Waals surface area (Å²) in [5.74, 6) is 0.759. The predicted octanol–water partition coefficient (Wildman–Crippen LogP) is 3.92. The lowest BCUT2D eigenvalue weighted by atomic mass is 9.90. The van der Waals surface area contributed by atoms with Crippen LogP contribution in [-0.2, 0) is 27.2 Å². The second kappa shape index (κ2) is 7.62. The summed E-state index contributed by atoms with van der Waals surface area (Å²) in [4.78, 5) is 30.8. The summed E-state index contributed by atoms with van der Waals surface area (Å²) in [5, 5.41) is 1.04. The number of esters is 1. The van der Waals surface area contributed by atoms with Crippen molar-refractivity contribution >= 4 is 22.8 Å². The molecule has 0 aliphatic carbocycles. The number of para-hydroxylation sites is 1. The molecule has 0 spiro atoms. The minimum absolute atomic E-state index is 0.258. The van der Waals surface area contributed by atoms with E-state index in [-0.39, 0.29) is 5.91 Å². The summed E-state index contributed by atoms with van der Waals surface area (Å²) >= 11 is 0. The Morgan fingerprint density at radius 2 is 2.07 bits per heavy atom. The van der Waals surface area contributed by atoms with Crippen molar-refractivity contribution in [1.82, 2.24) is 9.88 Å². The molecule has 6 nitrogen and oxygen atoms in total. The zero-order chi connectivity index (χ0) is 20.5. The van der Waals surface area contributed by atoms with Crippen molar-refractivity contribution < 1.29 is 18.7 Å². The topological polar surface area (TPSA) is 75.5 Å². The van der Waals surface area contributed by atoms with Gasteiger partial charge in [0.1, 0.15) is 23.6 Å². The lowest BCUT2D eigenvalue weighted by Crippen LogP contribution is -2.51. The Bertz CT molecular complexity index is 1090. The molecule has 29 heavy (non-hydrogen) atoms. The molecule has 1 aliphatic rings. The first-order valence-electron chi connectivity index (χ1n) is 9.79. The Morgan fingerprint density at radius 1 is 1.28 bits per heavy atom. The maximum Gasteiger partial charge on any atom is 0.328 e. The number of hydrogen-bond acceptors (Lipinski definition) is 4. The zero-order valence-corrected chi connectivity index (χ0v) is 16.8. The summed E-state index contributed by atoms with van der Waals surface area (Å²) < 4.78 is 11.1. The van der Waals surface area contributed by atoms with E-state index in [1.54, 1.807) is 17.9 Å². The molecule has 0 bridgehead atoms. The number of fused-ring (bicyclic) bond motifs is 3. The Hall–Kier alpha value is -3.28. The van der Waals surface area contributed by atoms with Gasteiger partial charge >= 0.3 is 5.97 Å². The number of amides is 1. The van der Waals surface area contributed by atoms with Gasteiger partial charge in [0.2, 0.25) is 5.91 Å². The van der Waals surface area contributed by atoms with Crippen molar-refractivity contribution in [3.63, 3.8) is 0 Å². The van der Waals surface area contributed by atoms with Gasteiger partial charge in [0.15, 0.2) is 0 Å². The van der Waals surface area contributed by atoms with Gasteiger partial charge in [-0.25, -0.2) is 4.79 Å². The first-order valence-corrected chi connectivity index (χ1v) is 9.79. The Labute approximate surface area is 169 Å². The van der Waals surface area contributed by atoms with Crippen LogP contribution >= 0.6 is 0 Å². The molecule has 3 heterocycles. The fourth-order valence-corrected chi connectivity index (χ4v) is 4.14. The number of carbonyl (C=O) groups is 2. The molecule has 1 N–H and O–H groups in total. The van der Waals surface area contributed by atoms with Crippen LogP contribution in [0.1, 0.15) is 42.7 Å². The van der Waals surface area contributed by atoms with Gasteiger partial charge in [-0.2, -0.15) is 0 Å². The molecule has 2 aromatic heterocycles. The van der Waals surface area contributed by atoms with Crippen LogP contribution in [0.5, 0.6) is 0 Å². The highest BCUT2D eigenvalue weighted by Crippen LogP contribution is 2.41. The van der Waals surface area contributed by atoms with Crippen molar-refractivity contribution in [1.29, 1.82) is 0 Å². The monoisotopic (exact) mass is 392 g/mol. The summed E-state index contributed by atoms with van der Waals surface area (Å²) in [6.45, 7) is 3.79. The van der Waals surface area contributed by atoms with E-state index in [1.807, 2.05) is 43.3 Å². The van der Waals surface area contributed by atoms with Gasteiger partial charge < -0.3 is 19.0 Å². The first kappa shape index (κ1) is 19.1. The minimum atomic E-state index is -0.740. The van der Waals surface area contributed by atoms with Crippen LogP contribution in [0.15, 0.2) is 53.0 Å². The molecule has 6 heteroatoms. The maximum atomic E-state index is 13.1. The van der Waals surface area contributed by atoms with Gasteiger partial charge in [0, 0.05) is 23.7 Å². The van der Waals surface area contributed by atoms with Gasteiger partial charge in [-0.1, -0.05) is 31.2 Å². The van der Waals surface area contributed by atoms with E-state index in [9.17, 15) is 9.59 Å². The molecular weight excluding hydrogens is 368 g/mol. The molecule has 1 aliphatic heterocycles. The molecule has 150 valence electrons. The van der Waals surface area contributed by atoms with Gasteiger partial charge in [0.05, 0.1) is 12.8 Å².